The number of hydrogen-bond donors (Lipinski definition) is 2. The molecule has 0 unspecified atom stereocenters. The standard InChI is InChI=1S/C13H13N3O5/c1-8-6-11(21-12(8)13(17)15-14)7-20-10-4-2-9(3-5-10)16(18)19/h2-6H,7,14H2,1H3,(H,15,17). The highest BCUT2D eigenvalue weighted by molar-refractivity contribution is 5.92. The number of aryl methyl sites for hydroxylation is 1. The summed E-state index contributed by atoms with van der Waals surface area (Å²) in [6.45, 7) is 1.81. The van der Waals surface area contributed by atoms with Crippen LogP contribution in [0.15, 0.2) is 34.7 Å². The van der Waals surface area contributed by atoms with Crippen LogP contribution < -0.4 is 16.0 Å². The van der Waals surface area contributed by atoms with Gasteiger partial charge in [0.05, 0.1) is 4.92 Å². The van der Waals surface area contributed by atoms with Gasteiger partial charge in [-0.25, -0.2) is 5.84 Å². The minimum Gasteiger partial charge on any atom is -0.486 e. The Morgan fingerprint density at radius 3 is 2.67 bits per heavy atom. The van der Waals surface area contributed by atoms with Crippen molar-refractivity contribution in [3.63, 3.8) is 0 Å². The first kappa shape index (κ1) is 14.5. The van der Waals surface area contributed by atoms with Gasteiger partial charge in [-0.2, -0.15) is 0 Å². The second kappa shape index (κ2) is 6.06. The van der Waals surface area contributed by atoms with E-state index in [1.807, 2.05) is 5.43 Å². The Kier molecular flexibility index (Phi) is 4.19. The number of carbonyl (C=O) groups is 1. The van der Waals surface area contributed by atoms with Gasteiger partial charge in [0.25, 0.3) is 5.69 Å². The van der Waals surface area contributed by atoms with Crippen LogP contribution in [0, 0.1) is 17.0 Å². The molecule has 2 aromatic rings. The van der Waals surface area contributed by atoms with Gasteiger partial charge in [-0.3, -0.25) is 20.3 Å². The van der Waals surface area contributed by atoms with E-state index in [1.54, 1.807) is 13.0 Å². The fourth-order valence-electron chi connectivity index (χ4n) is 1.73. The molecule has 0 fully saturated rings. The van der Waals surface area contributed by atoms with E-state index in [4.69, 9.17) is 15.0 Å². The summed E-state index contributed by atoms with van der Waals surface area (Å²) in [5.74, 6) is 5.55. The Balaban J connectivity index is 2.03. The number of nitrogens with one attached hydrogen (secondary N) is 1. The summed E-state index contributed by atoms with van der Waals surface area (Å²) >= 11 is 0. The van der Waals surface area contributed by atoms with E-state index in [1.165, 1.54) is 24.3 Å². The summed E-state index contributed by atoms with van der Waals surface area (Å²) in [5.41, 5.74) is 2.61. The fraction of sp³-hybridized carbons (Fsp3) is 0.154. The number of furan rings is 1. The van der Waals surface area contributed by atoms with Crippen LogP contribution in [0.5, 0.6) is 5.75 Å². The first-order chi connectivity index (χ1) is 10.0. The van der Waals surface area contributed by atoms with Crippen molar-refractivity contribution in [2.45, 2.75) is 13.5 Å². The molecular formula is C13H13N3O5. The number of ether oxygens (including phenoxy) is 1. The maximum absolute atomic E-state index is 11.4. The molecule has 110 valence electrons. The minimum atomic E-state index is -0.519. The Hall–Kier alpha value is -2.87. The van der Waals surface area contributed by atoms with Gasteiger partial charge in [-0.05, 0) is 25.1 Å². The normalized spacial score (nSPS) is 10.2. The molecule has 1 heterocycles. The van der Waals surface area contributed by atoms with Crippen LogP contribution in [-0.2, 0) is 6.61 Å². The Labute approximate surface area is 119 Å². The number of nitrogens with zero attached hydrogens (tertiary/aromatic N) is 1. The molecule has 0 aliphatic rings. The average Bonchev–Trinajstić information content (AvgIpc) is 2.86. The Bertz CT molecular complexity index is 663. The van der Waals surface area contributed by atoms with Crippen LogP contribution in [0.1, 0.15) is 21.9 Å². The van der Waals surface area contributed by atoms with Gasteiger partial charge in [0, 0.05) is 17.7 Å². The number of nitro groups is 1. The van der Waals surface area contributed by atoms with E-state index in [0.717, 1.165) is 0 Å². The predicted molar refractivity (Wildman–Crippen MR) is 72.5 cm³/mol. The molecule has 0 radical (unpaired) electrons. The van der Waals surface area contributed by atoms with Crippen molar-refractivity contribution in [3.05, 3.63) is 57.5 Å². The first-order valence-corrected chi connectivity index (χ1v) is 5.98. The van der Waals surface area contributed by atoms with E-state index in [-0.39, 0.29) is 18.1 Å². The molecule has 1 aromatic carbocycles. The minimum absolute atomic E-state index is 0.0157. The van der Waals surface area contributed by atoms with E-state index >= 15 is 0 Å². The van der Waals surface area contributed by atoms with Gasteiger partial charge in [0.2, 0.25) is 0 Å². The molecule has 0 spiro atoms. The number of hydrogen-bond acceptors (Lipinski definition) is 6. The summed E-state index contributed by atoms with van der Waals surface area (Å²) in [6.07, 6.45) is 0. The number of hydrazine groups is 1. The molecule has 3 N–H and O–H groups in total. The summed E-state index contributed by atoms with van der Waals surface area (Å²) in [6, 6.07) is 7.32. The number of nitrogens with two attached hydrogens (primary N) is 1. The number of rotatable bonds is 5. The predicted octanol–water partition coefficient (Wildman–Crippen LogP) is 1.68. The second-order valence-electron chi connectivity index (χ2n) is 4.24. The molecule has 0 aliphatic carbocycles. The zero-order valence-corrected chi connectivity index (χ0v) is 11.2. The van der Waals surface area contributed by atoms with Crippen LogP contribution in [0.3, 0.4) is 0 Å². The van der Waals surface area contributed by atoms with Crippen LogP contribution >= 0.6 is 0 Å². The van der Waals surface area contributed by atoms with Gasteiger partial charge >= 0.3 is 5.91 Å². The quantitative estimate of drug-likeness (QED) is 0.374. The van der Waals surface area contributed by atoms with E-state index < -0.39 is 10.8 Å². The van der Waals surface area contributed by atoms with Crippen LogP contribution in [-0.4, -0.2) is 10.8 Å². The third-order valence-corrected chi connectivity index (χ3v) is 2.73. The van der Waals surface area contributed by atoms with Crippen LogP contribution in [0.2, 0.25) is 0 Å². The van der Waals surface area contributed by atoms with Gasteiger partial charge < -0.3 is 9.15 Å². The zero-order chi connectivity index (χ0) is 15.4. The molecule has 0 bridgehead atoms. The smallest absolute Gasteiger partial charge is 0.301 e. The molecule has 1 aromatic heterocycles. The molecule has 0 aliphatic heterocycles. The third-order valence-electron chi connectivity index (χ3n) is 2.73. The lowest BCUT2D eigenvalue weighted by molar-refractivity contribution is -0.384. The molecule has 2 rings (SSSR count). The SMILES string of the molecule is Cc1cc(COc2ccc([N+](=O)[O-])cc2)oc1C(=O)NN. The van der Waals surface area contributed by atoms with Gasteiger partial charge in [0.15, 0.2) is 5.76 Å². The summed E-state index contributed by atoms with van der Waals surface area (Å²) in [7, 11) is 0. The topological polar surface area (TPSA) is 121 Å². The second-order valence-corrected chi connectivity index (χ2v) is 4.24. The summed E-state index contributed by atoms with van der Waals surface area (Å²) < 4.78 is 10.8. The van der Waals surface area contributed by atoms with Gasteiger partial charge in [-0.1, -0.05) is 0 Å². The van der Waals surface area contributed by atoms with Crippen molar-refractivity contribution >= 4 is 11.6 Å². The highest BCUT2D eigenvalue weighted by atomic mass is 16.6. The lowest BCUT2D eigenvalue weighted by Crippen LogP contribution is -2.30. The monoisotopic (exact) mass is 291 g/mol. The highest BCUT2D eigenvalue weighted by Gasteiger charge is 2.15. The van der Waals surface area contributed by atoms with Crippen molar-refractivity contribution in [1.82, 2.24) is 5.43 Å². The number of carbonyl (C=O) groups excluding carboxylic acids is 1. The number of benzene rings is 1. The van der Waals surface area contributed by atoms with E-state index in [9.17, 15) is 14.9 Å². The maximum atomic E-state index is 11.4. The first-order valence-electron chi connectivity index (χ1n) is 5.98. The van der Waals surface area contributed by atoms with Crippen molar-refractivity contribution < 1.29 is 18.9 Å². The lowest BCUT2D eigenvalue weighted by atomic mass is 10.2. The van der Waals surface area contributed by atoms with Crippen LogP contribution in [0.25, 0.3) is 0 Å². The Morgan fingerprint density at radius 2 is 2.10 bits per heavy atom. The Morgan fingerprint density at radius 1 is 1.43 bits per heavy atom. The largest absolute Gasteiger partial charge is 0.486 e. The molecule has 8 heteroatoms. The fourth-order valence-corrected chi connectivity index (χ4v) is 1.73. The molecule has 0 atom stereocenters. The molecule has 0 saturated carbocycles. The van der Waals surface area contributed by atoms with E-state index in [0.29, 0.717) is 17.1 Å². The lowest BCUT2D eigenvalue weighted by Gasteiger charge is -2.03. The molecule has 1 amide bonds. The number of non-ortho nitro benzene ring substituents is 1. The van der Waals surface area contributed by atoms with Crippen molar-refractivity contribution in [2.24, 2.45) is 5.84 Å². The van der Waals surface area contributed by atoms with Gasteiger partial charge in [0.1, 0.15) is 18.1 Å². The maximum Gasteiger partial charge on any atom is 0.301 e. The number of amides is 1. The number of nitrogen functional groups attached to an aromatic ring is 1. The molecule has 0 saturated heterocycles. The van der Waals surface area contributed by atoms with Crippen molar-refractivity contribution in [3.8, 4) is 5.75 Å². The van der Waals surface area contributed by atoms with Crippen molar-refractivity contribution in [2.75, 3.05) is 0 Å². The molecule has 21 heavy (non-hydrogen) atoms. The highest BCUT2D eigenvalue weighted by Crippen LogP contribution is 2.20. The number of nitro benzene ring substituents is 1. The summed E-state index contributed by atoms with van der Waals surface area (Å²) in [5, 5.41) is 10.5. The average molecular weight is 291 g/mol. The zero-order valence-electron chi connectivity index (χ0n) is 11.2. The molecular weight excluding hydrogens is 278 g/mol. The summed E-state index contributed by atoms with van der Waals surface area (Å²) in [4.78, 5) is 21.4. The third kappa shape index (κ3) is 3.37. The van der Waals surface area contributed by atoms with Crippen molar-refractivity contribution in [1.29, 1.82) is 0 Å². The van der Waals surface area contributed by atoms with E-state index in [2.05, 4.69) is 0 Å². The van der Waals surface area contributed by atoms with Crippen LogP contribution in [0.4, 0.5) is 5.69 Å². The molecule has 8 nitrogen and oxygen atoms in total. The van der Waals surface area contributed by atoms with Gasteiger partial charge in [-0.15, -0.1) is 0 Å².